The molecule has 0 aromatic heterocycles. The van der Waals surface area contributed by atoms with Crippen molar-refractivity contribution in [2.45, 2.75) is 25.5 Å². The molecule has 1 heterocycles. The molecule has 0 amide bonds. The topological polar surface area (TPSA) is 45.2 Å². The molecule has 1 aliphatic heterocycles. The number of nitrogens with zero attached hydrogens (tertiary/aromatic N) is 2. The molecule has 0 radical (unpaired) electrons. The van der Waals surface area contributed by atoms with Gasteiger partial charge in [0.2, 0.25) is 0 Å². The lowest BCUT2D eigenvalue weighted by molar-refractivity contribution is 0.0148. The number of benzene rings is 1. The maximum atomic E-state index is 12.9. The molecule has 1 saturated heterocycles. The average Bonchev–Trinajstić information content (AvgIpc) is 2.60. The first kappa shape index (κ1) is 19.1. The highest BCUT2D eigenvalue weighted by molar-refractivity contribution is 5.22. The number of aliphatic hydroxyl groups excluding tert-OH is 1. The molecule has 0 aliphatic carbocycles. The lowest BCUT2D eigenvalue weighted by Crippen LogP contribution is -2.55. The first-order chi connectivity index (χ1) is 11.6. The van der Waals surface area contributed by atoms with Crippen molar-refractivity contribution in [3.8, 4) is 5.75 Å². The summed E-state index contributed by atoms with van der Waals surface area (Å²) < 4.78 is 23.5. The molecule has 2 atom stereocenters. The highest BCUT2D eigenvalue weighted by Crippen LogP contribution is 2.14. The molecular formula is C18H29FN2O3. The maximum absolute atomic E-state index is 12.9. The number of halogens is 1. The summed E-state index contributed by atoms with van der Waals surface area (Å²) in [5.74, 6) is 0.283. The van der Waals surface area contributed by atoms with Crippen LogP contribution in [-0.4, -0.2) is 80.1 Å². The van der Waals surface area contributed by atoms with Gasteiger partial charge in [0.25, 0.3) is 0 Å². The summed E-state index contributed by atoms with van der Waals surface area (Å²) in [7, 11) is 1.73. The van der Waals surface area contributed by atoms with Crippen molar-refractivity contribution in [2.75, 3.05) is 53.0 Å². The van der Waals surface area contributed by atoms with E-state index in [0.29, 0.717) is 18.3 Å². The second-order valence-corrected chi connectivity index (χ2v) is 6.27. The maximum Gasteiger partial charge on any atom is 0.123 e. The minimum absolute atomic E-state index is 0.215. The van der Waals surface area contributed by atoms with Gasteiger partial charge in [0.15, 0.2) is 0 Å². The minimum Gasteiger partial charge on any atom is -0.491 e. The third kappa shape index (κ3) is 6.02. The largest absolute Gasteiger partial charge is 0.491 e. The molecule has 0 saturated carbocycles. The summed E-state index contributed by atoms with van der Waals surface area (Å²) >= 11 is 0. The Kier molecular flexibility index (Phi) is 7.91. The van der Waals surface area contributed by atoms with Crippen molar-refractivity contribution in [3.63, 3.8) is 0 Å². The first-order valence-corrected chi connectivity index (χ1v) is 8.64. The molecule has 5 nitrogen and oxygen atoms in total. The third-order valence-corrected chi connectivity index (χ3v) is 4.47. The smallest absolute Gasteiger partial charge is 0.123 e. The standard InChI is InChI=1S/C18H29FN2O3/c1-3-16-12-20(8-9-21(16)10-11-23-2)13-17(22)14-24-18-6-4-15(19)5-7-18/h4-7,16-17,22H,3,8-14H2,1-2H3/t16-,17-/m1/s1. The van der Waals surface area contributed by atoms with Gasteiger partial charge in [-0.25, -0.2) is 4.39 Å². The highest BCUT2D eigenvalue weighted by atomic mass is 19.1. The number of hydrogen-bond acceptors (Lipinski definition) is 5. The van der Waals surface area contributed by atoms with Crippen LogP contribution in [0.3, 0.4) is 0 Å². The zero-order valence-corrected chi connectivity index (χ0v) is 14.7. The SMILES string of the molecule is CC[C@@H]1CN(C[C@@H](O)COc2ccc(F)cc2)CCN1CCOC. The summed E-state index contributed by atoms with van der Waals surface area (Å²) in [6.07, 6.45) is 0.528. The van der Waals surface area contributed by atoms with E-state index in [1.165, 1.54) is 12.1 Å². The first-order valence-electron chi connectivity index (χ1n) is 8.64. The van der Waals surface area contributed by atoms with Gasteiger partial charge in [0.05, 0.1) is 6.61 Å². The van der Waals surface area contributed by atoms with E-state index in [0.717, 1.165) is 39.2 Å². The Morgan fingerprint density at radius 1 is 1.29 bits per heavy atom. The van der Waals surface area contributed by atoms with Crippen LogP contribution in [0.5, 0.6) is 5.75 Å². The second kappa shape index (κ2) is 9.93. The fourth-order valence-corrected chi connectivity index (χ4v) is 3.09. The predicted molar refractivity (Wildman–Crippen MR) is 91.9 cm³/mol. The van der Waals surface area contributed by atoms with Crippen molar-refractivity contribution in [1.82, 2.24) is 9.80 Å². The second-order valence-electron chi connectivity index (χ2n) is 6.27. The summed E-state index contributed by atoms with van der Waals surface area (Å²) in [5, 5.41) is 10.2. The van der Waals surface area contributed by atoms with Crippen LogP contribution >= 0.6 is 0 Å². The molecule has 1 aromatic rings. The lowest BCUT2D eigenvalue weighted by atomic mass is 10.1. The quantitative estimate of drug-likeness (QED) is 0.740. The number of piperazine rings is 1. The van der Waals surface area contributed by atoms with Crippen molar-refractivity contribution >= 4 is 0 Å². The van der Waals surface area contributed by atoms with E-state index in [4.69, 9.17) is 9.47 Å². The molecule has 24 heavy (non-hydrogen) atoms. The Balaban J connectivity index is 1.73. The predicted octanol–water partition coefficient (Wildman–Crippen LogP) is 1.61. The Morgan fingerprint density at radius 2 is 2.04 bits per heavy atom. The van der Waals surface area contributed by atoms with E-state index in [-0.39, 0.29) is 12.4 Å². The van der Waals surface area contributed by atoms with Gasteiger partial charge in [-0.1, -0.05) is 6.92 Å². The van der Waals surface area contributed by atoms with Crippen LogP contribution in [0.15, 0.2) is 24.3 Å². The molecule has 136 valence electrons. The van der Waals surface area contributed by atoms with Gasteiger partial charge < -0.3 is 14.6 Å². The van der Waals surface area contributed by atoms with E-state index in [9.17, 15) is 9.50 Å². The molecule has 1 fully saturated rings. The Morgan fingerprint density at radius 3 is 2.71 bits per heavy atom. The molecule has 1 aliphatic rings. The van der Waals surface area contributed by atoms with E-state index in [1.54, 1.807) is 19.2 Å². The summed E-state index contributed by atoms with van der Waals surface area (Å²) in [6, 6.07) is 6.35. The van der Waals surface area contributed by atoms with Crippen LogP contribution in [0.2, 0.25) is 0 Å². The number of methoxy groups -OCH3 is 1. The Labute approximate surface area is 144 Å². The van der Waals surface area contributed by atoms with Gasteiger partial charge in [-0.2, -0.15) is 0 Å². The normalized spacial score (nSPS) is 20.9. The number of ether oxygens (including phenoxy) is 2. The van der Waals surface area contributed by atoms with Crippen LogP contribution in [-0.2, 0) is 4.74 Å². The van der Waals surface area contributed by atoms with Crippen LogP contribution < -0.4 is 4.74 Å². The molecule has 1 N–H and O–H groups in total. The van der Waals surface area contributed by atoms with Gasteiger partial charge in [0, 0.05) is 45.9 Å². The molecule has 0 unspecified atom stereocenters. The minimum atomic E-state index is -0.557. The van der Waals surface area contributed by atoms with Gasteiger partial charge >= 0.3 is 0 Å². The summed E-state index contributed by atoms with van der Waals surface area (Å²) in [6.45, 7) is 7.60. The van der Waals surface area contributed by atoms with Gasteiger partial charge in [-0.3, -0.25) is 9.80 Å². The average molecular weight is 340 g/mol. The van der Waals surface area contributed by atoms with Gasteiger partial charge in [0.1, 0.15) is 24.3 Å². The van der Waals surface area contributed by atoms with E-state index >= 15 is 0 Å². The Bertz CT molecular complexity index is 472. The molecule has 2 rings (SSSR count). The molecular weight excluding hydrogens is 311 g/mol. The lowest BCUT2D eigenvalue weighted by Gasteiger charge is -2.41. The van der Waals surface area contributed by atoms with Crippen LogP contribution in [0.1, 0.15) is 13.3 Å². The zero-order valence-electron chi connectivity index (χ0n) is 14.7. The van der Waals surface area contributed by atoms with Crippen LogP contribution in [0.4, 0.5) is 4.39 Å². The number of β-amino-alcohol motifs (C(OH)–C–C–N with tert-alkyl or cyclic N) is 1. The molecule has 0 bridgehead atoms. The Hall–Kier alpha value is -1.21. The van der Waals surface area contributed by atoms with Crippen molar-refractivity contribution < 1.29 is 19.0 Å². The van der Waals surface area contributed by atoms with Gasteiger partial charge in [-0.05, 0) is 30.7 Å². The molecule has 6 heteroatoms. The van der Waals surface area contributed by atoms with Crippen LogP contribution in [0.25, 0.3) is 0 Å². The van der Waals surface area contributed by atoms with Crippen molar-refractivity contribution in [3.05, 3.63) is 30.1 Å². The highest BCUT2D eigenvalue weighted by Gasteiger charge is 2.26. The third-order valence-electron chi connectivity index (χ3n) is 4.47. The van der Waals surface area contributed by atoms with Crippen molar-refractivity contribution in [2.24, 2.45) is 0 Å². The monoisotopic (exact) mass is 340 g/mol. The van der Waals surface area contributed by atoms with Gasteiger partial charge in [-0.15, -0.1) is 0 Å². The number of rotatable bonds is 9. The molecule has 1 aromatic carbocycles. The fraction of sp³-hybridized carbons (Fsp3) is 0.667. The molecule has 0 spiro atoms. The van der Waals surface area contributed by atoms with Crippen molar-refractivity contribution in [1.29, 1.82) is 0 Å². The number of hydrogen-bond donors (Lipinski definition) is 1. The summed E-state index contributed by atoms with van der Waals surface area (Å²) in [4.78, 5) is 4.75. The zero-order chi connectivity index (χ0) is 17.4. The van der Waals surface area contributed by atoms with Crippen LogP contribution in [0, 0.1) is 5.82 Å². The van der Waals surface area contributed by atoms with E-state index in [1.807, 2.05) is 0 Å². The van der Waals surface area contributed by atoms with E-state index < -0.39 is 6.10 Å². The van der Waals surface area contributed by atoms with E-state index in [2.05, 4.69) is 16.7 Å². The fourth-order valence-electron chi connectivity index (χ4n) is 3.09. The number of aliphatic hydroxyl groups is 1. The summed E-state index contributed by atoms with van der Waals surface area (Å²) in [5.41, 5.74) is 0.